The molecule has 1 aliphatic carbocycles. The summed E-state index contributed by atoms with van der Waals surface area (Å²) in [6, 6.07) is 16.9. The number of likely N-dealkylation sites (tertiary alicyclic amines) is 1. The number of rotatable bonds is 14. The van der Waals surface area contributed by atoms with Crippen molar-refractivity contribution in [2.45, 2.75) is 75.9 Å². The average Bonchev–Trinajstić information content (AvgIpc) is 3.69. The Kier molecular flexibility index (Phi) is 10.8. The Morgan fingerprint density at radius 2 is 1.58 bits per heavy atom. The molecule has 2 fully saturated rings. The fraction of sp³-hybridized carbons (Fsp3) is 0.515. The van der Waals surface area contributed by atoms with Crippen LogP contribution in [0.3, 0.4) is 0 Å². The topological polar surface area (TPSA) is 191 Å². The molecule has 1 aliphatic heterocycles. The summed E-state index contributed by atoms with van der Waals surface area (Å²) < 4.78 is 11.6. The van der Waals surface area contributed by atoms with Gasteiger partial charge in [0.05, 0.1) is 24.0 Å². The molecule has 12 nitrogen and oxygen atoms in total. The van der Waals surface area contributed by atoms with Crippen LogP contribution in [0.15, 0.2) is 57.7 Å². The lowest BCUT2D eigenvalue weighted by Crippen LogP contribution is -2.49. The van der Waals surface area contributed by atoms with Gasteiger partial charge in [-0.1, -0.05) is 36.4 Å². The Labute approximate surface area is 260 Å². The van der Waals surface area contributed by atoms with Gasteiger partial charge in [0.2, 0.25) is 0 Å². The van der Waals surface area contributed by atoms with Crippen LogP contribution in [0.4, 0.5) is 0 Å². The molecule has 2 aliphatic rings. The first kappa shape index (κ1) is 33.9. The summed E-state index contributed by atoms with van der Waals surface area (Å²) in [7, 11) is 0. The van der Waals surface area contributed by atoms with E-state index in [1.54, 1.807) is 0 Å². The maximum absolute atomic E-state index is 11.4. The number of fused-ring (bicyclic) bond motifs is 1. The monoisotopic (exact) mass is 626 g/mol. The van der Waals surface area contributed by atoms with E-state index in [1.807, 2.05) is 12.1 Å². The standard InChI is InChI=1S/C27H34N2O3.C6H8O7/c1-2-31-27(13-14-27)26(12-10-21-6-4-3-5-7-21)15-18-29(19-16-26)17-11-22-8-9-23-24(20-22)32-25(30)28-23;7-3(8)1-6(13,5(11)12)2-4(9)10/h3-9,20H,2,10-19H2,1H3,(H,28,30);13H,1-2H2,(H,7,8)(H,9,10)(H,11,12). The Morgan fingerprint density at radius 1 is 0.933 bits per heavy atom. The van der Waals surface area contributed by atoms with Gasteiger partial charge in [0.25, 0.3) is 0 Å². The summed E-state index contributed by atoms with van der Waals surface area (Å²) in [4.78, 5) is 47.2. The third-order valence-corrected chi connectivity index (χ3v) is 9.13. The highest BCUT2D eigenvalue weighted by atomic mass is 16.5. The molecule has 0 amide bonds. The van der Waals surface area contributed by atoms with Crippen molar-refractivity contribution in [2.24, 2.45) is 5.41 Å². The lowest BCUT2D eigenvalue weighted by atomic mass is 9.68. The zero-order valence-corrected chi connectivity index (χ0v) is 25.5. The largest absolute Gasteiger partial charge is 0.481 e. The van der Waals surface area contributed by atoms with Crippen molar-refractivity contribution in [1.29, 1.82) is 0 Å². The van der Waals surface area contributed by atoms with Gasteiger partial charge in [-0.2, -0.15) is 0 Å². The summed E-state index contributed by atoms with van der Waals surface area (Å²) in [6.45, 7) is 6.25. The smallest absolute Gasteiger partial charge is 0.417 e. The summed E-state index contributed by atoms with van der Waals surface area (Å²) in [5, 5.41) is 33.8. The number of carboxylic acid groups (broad SMARTS) is 3. The number of piperidine rings is 1. The van der Waals surface area contributed by atoms with Crippen LogP contribution in [0.5, 0.6) is 0 Å². The van der Waals surface area contributed by atoms with E-state index in [0.29, 0.717) is 11.0 Å². The second-order valence-corrected chi connectivity index (χ2v) is 12.1. The fourth-order valence-electron chi connectivity index (χ4n) is 6.53. The van der Waals surface area contributed by atoms with E-state index in [-0.39, 0.29) is 11.4 Å². The molecule has 1 aromatic heterocycles. The Morgan fingerprint density at radius 3 is 2.13 bits per heavy atom. The summed E-state index contributed by atoms with van der Waals surface area (Å²) in [6.07, 6.45) is 5.90. The second kappa shape index (κ2) is 14.4. The number of aromatic nitrogens is 1. The Bertz CT molecular complexity index is 1500. The number of nitrogens with one attached hydrogen (secondary N) is 1. The van der Waals surface area contributed by atoms with Crippen LogP contribution in [-0.4, -0.2) is 85.7 Å². The molecule has 0 spiro atoms. The molecular formula is C33H42N2O10. The number of aliphatic hydroxyl groups is 1. The van der Waals surface area contributed by atoms with Gasteiger partial charge in [0.15, 0.2) is 11.2 Å². The van der Waals surface area contributed by atoms with Gasteiger partial charge in [-0.05, 0) is 88.2 Å². The minimum absolute atomic E-state index is 0.111. The first-order valence-corrected chi connectivity index (χ1v) is 15.3. The first-order valence-electron chi connectivity index (χ1n) is 15.3. The van der Waals surface area contributed by atoms with E-state index in [0.717, 1.165) is 44.6 Å². The van der Waals surface area contributed by atoms with E-state index in [2.05, 4.69) is 53.2 Å². The van der Waals surface area contributed by atoms with E-state index in [1.165, 1.54) is 43.2 Å². The predicted octanol–water partition coefficient (Wildman–Crippen LogP) is 3.70. The van der Waals surface area contributed by atoms with Crippen molar-refractivity contribution in [3.8, 4) is 0 Å². The molecule has 1 saturated heterocycles. The minimum atomic E-state index is -2.74. The molecule has 2 aromatic carbocycles. The molecule has 5 rings (SSSR count). The van der Waals surface area contributed by atoms with Crippen molar-refractivity contribution < 1.29 is 44.0 Å². The number of oxazole rings is 1. The van der Waals surface area contributed by atoms with Gasteiger partial charge in [-0.15, -0.1) is 0 Å². The molecular weight excluding hydrogens is 584 g/mol. The van der Waals surface area contributed by atoms with Crippen molar-refractivity contribution in [1.82, 2.24) is 9.88 Å². The third-order valence-electron chi connectivity index (χ3n) is 9.13. The molecule has 244 valence electrons. The molecule has 1 saturated carbocycles. The Balaban J connectivity index is 0.000000302. The highest BCUT2D eigenvalue weighted by Crippen LogP contribution is 2.60. The Hall–Kier alpha value is -4.00. The van der Waals surface area contributed by atoms with Crippen molar-refractivity contribution >= 4 is 29.0 Å². The lowest BCUT2D eigenvalue weighted by molar-refractivity contribution is -0.170. The summed E-state index contributed by atoms with van der Waals surface area (Å²) in [5.74, 6) is -5.40. The lowest BCUT2D eigenvalue weighted by Gasteiger charge is -2.47. The van der Waals surface area contributed by atoms with Crippen molar-refractivity contribution in [2.75, 3.05) is 26.2 Å². The van der Waals surface area contributed by atoms with E-state index >= 15 is 0 Å². The molecule has 3 aromatic rings. The normalized spacial score (nSPS) is 17.3. The molecule has 5 N–H and O–H groups in total. The maximum atomic E-state index is 11.4. The predicted molar refractivity (Wildman–Crippen MR) is 164 cm³/mol. The van der Waals surface area contributed by atoms with Crippen molar-refractivity contribution in [3.05, 3.63) is 70.2 Å². The highest BCUT2D eigenvalue weighted by molar-refractivity contribution is 5.88. The number of ether oxygens (including phenoxy) is 1. The third kappa shape index (κ3) is 8.59. The molecule has 45 heavy (non-hydrogen) atoms. The van der Waals surface area contributed by atoms with Crippen LogP contribution in [0, 0.1) is 5.41 Å². The van der Waals surface area contributed by atoms with Gasteiger partial charge >= 0.3 is 23.7 Å². The van der Waals surface area contributed by atoms with E-state index in [4.69, 9.17) is 29.6 Å². The molecule has 12 heteroatoms. The van der Waals surface area contributed by atoms with Crippen molar-refractivity contribution in [3.63, 3.8) is 0 Å². The molecule has 2 heterocycles. The van der Waals surface area contributed by atoms with Crippen LogP contribution in [0.2, 0.25) is 0 Å². The fourth-order valence-corrected chi connectivity index (χ4v) is 6.53. The molecule has 0 radical (unpaired) electrons. The van der Waals surface area contributed by atoms with Crippen LogP contribution in [0.25, 0.3) is 11.1 Å². The molecule has 0 atom stereocenters. The number of H-pyrrole nitrogens is 1. The number of nitrogens with zero attached hydrogens (tertiary/aromatic N) is 1. The number of hydrogen-bond acceptors (Lipinski definition) is 8. The first-order chi connectivity index (χ1) is 21.4. The number of carboxylic acids is 3. The summed E-state index contributed by atoms with van der Waals surface area (Å²) >= 11 is 0. The number of hydrogen-bond donors (Lipinski definition) is 5. The second-order valence-electron chi connectivity index (χ2n) is 12.1. The number of aliphatic carboxylic acids is 3. The summed E-state index contributed by atoms with van der Waals surface area (Å²) in [5.41, 5.74) is 1.74. The van der Waals surface area contributed by atoms with Gasteiger partial charge in [0, 0.05) is 18.6 Å². The molecule has 0 unspecified atom stereocenters. The van der Waals surface area contributed by atoms with Gasteiger partial charge in [0.1, 0.15) is 0 Å². The number of aromatic amines is 1. The minimum Gasteiger partial charge on any atom is -0.481 e. The zero-order chi connectivity index (χ0) is 32.7. The van der Waals surface area contributed by atoms with Crippen LogP contribution in [0.1, 0.15) is 63.0 Å². The number of benzene rings is 2. The van der Waals surface area contributed by atoms with Crippen LogP contribution < -0.4 is 5.76 Å². The van der Waals surface area contributed by atoms with Crippen LogP contribution in [-0.2, 0) is 32.0 Å². The van der Waals surface area contributed by atoms with E-state index < -0.39 is 36.4 Å². The number of aryl methyl sites for hydroxylation is 1. The SMILES string of the molecule is CCOC1(C2(CCc3ccccc3)CCN(CCc3ccc4[nH]c(=O)oc4c3)CC2)CC1.O=C(O)CC(O)(CC(=O)O)C(=O)O. The zero-order valence-electron chi connectivity index (χ0n) is 25.5. The van der Waals surface area contributed by atoms with E-state index in [9.17, 15) is 19.2 Å². The maximum Gasteiger partial charge on any atom is 0.417 e. The van der Waals surface area contributed by atoms with Gasteiger partial charge < -0.3 is 34.5 Å². The highest BCUT2D eigenvalue weighted by Gasteiger charge is 2.60. The number of carbonyl (C=O) groups is 3. The molecule has 0 bridgehead atoms. The quantitative estimate of drug-likeness (QED) is 0.175. The van der Waals surface area contributed by atoms with Gasteiger partial charge in [-0.3, -0.25) is 14.6 Å². The van der Waals surface area contributed by atoms with Gasteiger partial charge in [-0.25, -0.2) is 9.59 Å². The average molecular weight is 627 g/mol. The van der Waals surface area contributed by atoms with Crippen LogP contribution >= 0.6 is 0 Å².